The smallest absolute Gasteiger partial charge is 0.0385 e. The van der Waals surface area contributed by atoms with E-state index in [1.165, 1.54) is 33.4 Å². The molecule has 1 aliphatic rings. The lowest BCUT2D eigenvalue weighted by Crippen LogP contribution is -2.00. The number of terminal acetylenes is 1. The van der Waals surface area contributed by atoms with E-state index in [-0.39, 0.29) is 0 Å². The Morgan fingerprint density at radius 2 is 1.70 bits per heavy atom. The molecule has 1 heteroatoms. The molecule has 0 N–H and O–H groups in total. The molecule has 0 spiro atoms. The highest BCUT2D eigenvalue weighted by Gasteiger charge is 2.13. The minimum Gasteiger partial charge on any atom is -0.262 e. The summed E-state index contributed by atoms with van der Waals surface area (Å²) in [6, 6.07) is 19.2. The van der Waals surface area contributed by atoms with Crippen LogP contribution in [0.15, 0.2) is 90.7 Å². The summed E-state index contributed by atoms with van der Waals surface area (Å²) in [6.45, 7) is 6.40. The molecule has 1 aliphatic carbocycles. The van der Waals surface area contributed by atoms with E-state index in [1.54, 1.807) is 0 Å². The summed E-state index contributed by atoms with van der Waals surface area (Å²) in [6.07, 6.45) is 20.2. The van der Waals surface area contributed by atoms with Crippen LogP contribution in [0.25, 0.3) is 5.57 Å². The number of rotatable bonds is 3. The Hall–Kier alpha value is -4.07. The topological polar surface area (TPSA) is 12.9 Å². The van der Waals surface area contributed by atoms with E-state index in [0.29, 0.717) is 0 Å². The number of hydrogen-bond acceptors (Lipinski definition) is 1. The Morgan fingerprint density at radius 3 is 2.39 bits per heavy atom. The Morgan fingerprint density at radius 1 is 0.939 bits per heavy atom. The fourth-order valence-electron chi connectivity index (χ4n) is 4.01. The second kappa shape index (κ2) is 11.5. The second-order valence-corrected chi connectivity index (χ2v) is 8.03. The number of hydrogen-bond donors (Lipinski definition) is 0. The third-order valence-corrected chi connectivity index (χ3v) is 5.73. The first kappa shape index (κ1) is 23.6. The Kier molecular flexibility index (Phi) is 8.24. The van der Waals surface area contributed by atoms with Crippen LogP contribution in [0.2, 0.25) is 0 Å². The Labute approximate surface area is 198 Å². The van der Waals surface area contributed by atoms with Gasteiger partial charge in [0.25, 0.3) is 0 Å². The van der Waals surface area contributed by atoms with Crippen LogP contribution in [0.1, 0.15) is 45.5 Å². The molecule has 1 heterocycles. The molecule has 0 saturated carbocycles. The van der Waals surface area contributed by atoms with Gasteiger partial charge in [-0.2, -0.15) is 0 Å². The van der Waals surface area contributed by atoms with Crippen LogP contribution in [0.5, 0.6) is 0 Å². The monoisotopic (exact) mass is 427 g/mol. The predicted octanol–water partition coefficient (Wildman–Crippen LogP) is 7.17. The summed E-state index contributed by atoms with van der Waals surface area (Å²) in [5, 5.41) is 0. The zero-order valence-corrected chi connectivity index (χ0v) is 19.6. The zero-order valence-electron chi connectivity index (χ0n) is 19.6. The molecule has 0 bridgehead atoms. The van der Waals surface area contributed by atoms with Crippen molar-refractivity contribution in [3.63, 3.8) is 0 Å². The molecule has 0 fully saturated rings. The molecular weight excluding hydrogens is 398 g/mol. The van der Waals surface area contributed by atoms with Gasteiger partial charge in [0.15, 0.2) is 0 Å². The van der Waals surface area contributed by atoms with Gasteiger partial charge in [-0.05, 0) is 79.1 Å². The van der Waals surface area contributed by atoms with Crippen molar-refractivity contribution in [2.24, 2.45) is 0 Å². The van der Waals surface area contributed by atoms with Gasteiger partial charge in [-0.15, -0.1) is 12.8 Å². The van der Waals surface area contributed by atoms with Gasteiger partial charge in [0.1, 0.15) is 0 Å². The van der Waals surface area contributed by atoms with Crippen molar-refractivity contribution in [1.82, 2.24) is 4.98 Å². The number of allylic oxidation sites excluding steroid dienone is 6. The quantitative estimate of drug-likeness (QED) is 0.404. The van der Waals surface area contributed by atoms with Crippen molar-refractivity contribution >= 4 is 5.57 Å². The fraction of sp³-hybridized carbons (Fsp3) is 0.156. The van der Waals surface area contributed by atoms with E-state index >= 15 is 0 Å². The highest BCUT2D eigenvalue weighted by Crippen LogP contribution is 2.29. The largest absolute Gasteiger partial charge is 0.262 e. The SMILES string of the molecule is C#C.Cc1cc(C#C/C(=C2\C=CC=CC2)c2ccccc2Cc2c(C)cccc2C)ccn1. The molecule has 162 valence electrons. The van der Waals surface area contributed by atoms with Gasteiger partial charge in [0, 0.05) is 23.0 Å². The lowest BCUT2D eigenvalue weighted by molar-refractivity contribution is 1.11. The minimum atomic E-state index is 0.896. The third kappa shape index (κ3) is 6.00. The second-order valence-electron chi connectivity index (χ2n) is 8.03. The molecule has 0 aliphatic heterocycles. The van der Waals surface area contributed by atoms with Gasteiger partial charge in [0.05, 0.1) is 0 Å². The number of aryl methyl sites for hydroxylation is 3. The van der Waals surface area contributed by atoms with Gasteiger partial charge < -0.3 is 0 Å². The molecule has 4 rings (SSSR count). The highest BCUT2D eigenvalue weighted by molar-refractivity contribution is 5.85. The molecule has 0 radical (unpaired) electrons. The van der Waals surface area contributed by atoms with E-state index in [1.807, 2.05) is 25.3 Å². The predicted molar refractivity (Wildman–Crippen MR) is 141 cm³/mol. The van der Waals surface area contributed by atoms with E-state index in [2.05, 4.69) is 110 Å². The molecule has 1 nitrogen and oxygen atoms in total. The van der Waals surface area contributed by atoms with Gasteiger partial charge in [0.2, 0.25) is 0 Å². The molecule has 2 aromatic carbocycles. The number of pyridine rings is 1. The molecule has 0 unspecified atom stereocenters. The number of nitrogens with zero attached hydrogens (tertiary/aromatic N) is 1. The van der Waals surface area contributed by atoms with E-state index in [4.69, 9.17) is 0 Å². The van der Waals surface area contributed by atoms with Gasteiger partial charge in [-0.1, -0.05) is 78.6 Å². The van der Waals surface area contributed by atoms with Crippen LogP contribution in [-0.4, -0.2) is 4.98 Å². The molecule has 33 heavy (non-hydrogen) atoms. The van der Waals surface area contributed by atoms with Crippen LogP contribution in [0, 0.1) is 45.5 Å². The third-order valence-electron chi connectivity index (χ3n) is 5.73. The Bertz CT molecular complexity index is 1280. The maximum Gasteiger partial charge on any atom is 0.0385 e. The van der Waals surface area contributed by atoms with Crippen LogP contribution >= 0.6 is 0 Å². The zero-order chi connectivity index (χ0) is 23.6. The first-order valence-corrected chi connectivity index (χ1v) is 11.1. The van der Waals surface area contributed by atoms with Gasteiger partial charge in [-0.3, -0.25) is 4.98 Å². The summed E-state index contributed by atoms with van der Waals surface area (Å²) in [5.41, 5.74) is 10.9. The fourth-order valence-corrected chi connectivity index (χ4v) is 4.01. The lowest BCUT2D eigenvalue weighted by Gasteiger charge is -2.16. The minimum absolute atomic E-state index is 0.896. The normalized spacial score (nSPS) is 13.4. The number of benzene rings is 2. The van der Waals surface area contributed by atoms with Crippen molar-refractivity contribution in [2.45, 2.75) is 33.6 Å². The average Bonchev–Trinajstić information content (AvgIpc) is 2.84. The van der Waals surface area contributed by atoms with E-state index in [9.17, 15) is 0 Å². The van der Waals surface area contributed by atoms with E-state index in [0.717, 1.165) is 29.7 Å². The van der Waals surface area contributed by atoms with Crippen molar-refractivity contribution in [2.75, 3.05) is 0 Å². The Balaban J connectivity index is 0.00000149. The summed E-state index contributed by atoms with van der Waals surface area (Å²) in [4.78, 5) is 4.29. The van der Waals surface area contributed by atoms with Crippen molar-refractivity contribution in [3.8, 4) is 24.7 Å². The molecule has 0 saturated heterocycles. The standard InChI is InChI=1S/C30H27N.C2H2/c1-22-10-9-11-23(2)30(22)21-27-14-7-8-15-28(27)29(26-12-5-4-6-13-26)17-16-25-18-19-31-24(3)20-25;1-2/h4-12,14-15,18-20H,13,21H2,1-3H3;1-2H/b29-26-;. The van der Waals surface area contributed by atoms with Crippen LogP contribution in [0.4, 0.5) is 0 Å². The number of aromatic nitrogens is 1. The molecule has 0 amide bonds. The summed E-state index contributed by atoms with van der Waals surface area (Å²) < 4.78 is 0. The van der Waals surface area contributed by atoms with Gasteiger partial charge in [-0.25, -0.2) is 0 Å². The molecular formula is C32H29N. The maximum atomic E-state index is 4.29. The van der Waals surface area contributed by atoms with Crippen LogP contribution < -0.4 is 0 Å². The van der Waals surface area contributed by atoms with E-state index < -0.39 is 0 Å². The summed E-state index contributed by atoms with van der Waals surface area (Å²) in [5.74, 6) is 6.91. The summed E-state index contributed by atoms with van der Waals surface area (Å²) >= 11 is 0. The first-order chi connectivity index (χ1) is 16.1. The molecule has 1 aromatic heterocycles. The van der Waals surface area contributed by atoms with Crippen LogP contribution in [0.3, 0.4) is 0 Å². The maximum absolute atomic E-state index is 4.29. The van der Waals surface area contributed by atoms with Crippen molar-refractivity contribution in [3.05, 3.63) is 130 Å². The molecule has 3 aromatic rings. The summed E-state index contributed by atoms with van der Waals surface area (Å²) in [7, 11) is 0. The van der Waals surface area contributed by atoms with Gasteiger partial charge >= 0.3 is 0 Å². The highest BCUT2D eigenvalue weighted by atomic mass is 14.6. The van der Waals surface area contributed by atoms with Crippen molar-refractivity contribution < 1.29 is 0 Å². The van der Waals surface area contributed by atoms with Crippen LogP contribution in [-0.2, 0) is 6.42 Å². The average molecular weight is 428 g/mol. The van der Waals surface area contributed by atoms with Crippen molar-refractivity contribution in [1.29, 1.82) is 0 Å². The first-order valence-electron chi connectivity index (χ1n) is 11.1. The lowest BCUT2D eigenvalue weighted by atomic mass is 9.88. The molecule has 0 atom stereocenters.